The molecule has 166 valence electrons. The Balaban J connectivity index is 1.50. The molecule has 7 heteroatoms. The van der Waals surface area contributed by atoms with E-state index < -0.39 is 12.1 Å². The second kappa shape index (κ2) is 10.7. The molecule has 1 heterocycles. The molecule has 0 amide bonds. The number of aryl methyl sites for hydroxylation is 2. The Morgan fingerprint density at radius 3 is 2.45 bits per heavy atom. The topological polar surface area (TPSA) is 91.0 Å². The number of hydrogen-bond donors (Lipinski definition) is 1. The molecule has 0 aliphatic heterocycles. The Morgan fingerprint density at radius 2 is 1.77 bits per heavy atom. The van der Waals surface area contributed by atoms with Crippen molar-refractivity contribution < 1.29 is 28.6 Å². The van der Waals surface area contributed by atoms with Crippen LogP contribution in [-0.2, 0) is 17.6 Å². The monoisotopic (exact) mass is 427 g/mol. The van der Waals surface area contributed by atoms with Crippen molar-refractivity contribution in [3.63, 3.8) is 0 Å². The number of ether oxygens (including phenoxy) is 3. The highest BCUT2D eigenvalue weighted by Gasteiger charge is 2.15. The first kappa shape index (κ1) is 22.5. The van der Waals surface area contributed by atoms with Crippen molar-refractivity contribution in [3.05, 3.63) is 47.7 Å². The average Bonchev–Trinajstić information content (AvgIpc) is 3.19. The van der Waals surface area contributed by atoms with E-state index in [9.17, 15) is 4.79 Å². The van der Waals surface area contributed by atoms with Crippen LogP contribution in [0.3, 0.4) is 0 Å². The molecule has 3 aromatic rings. The fraction of sp³-hybridized carbons (Fsp3) is 0.417. The molecule has 0 fully saturated rings. The lowest BCUT2D eigenvalue weighted by molar-refractivity contribution is -0.144. The van der Waals surface area contributed by atoms with Crippen molar-refractivity contribution in [2.75, 3.05) is 13.2 Å². The first-order valence-corrected chi connectivity index (χ1v) is 10.7. The van der Waals surface area contributed by atoms with Crippen LogP contribution in [0.4, 0.5) is 0 Å². The number of aromatic nitrogens is 1. The zero-order chi connectivity index (χ0) is 22.2. The number of carboxylic acid groups (broad SMARTS) is 1. The summed E-state index contributed by atoms with van der Waals surface area (Å²) in [5.74, 6) is 1.01. The Hall–Kier alpha value is -3.22. The van der Waals surface area contributed by atoms with E-state index in [-0.39, 0.29) is 0 Å². The smallest absolute Gasteiger partial charge is 0.344 e. The predicted octanol–water partition coefficient (Wildman–Crippen LogP) is 5.04. The van der Waals surface area contributed by atoms with Crippen LogP contribution >= 0.6 is 0 Å². The Morgan fingerprint density at radius 1 is 1.06 bits per heavy atom. The molecule has 31 heavy (non-hydrogen) atoms. The summed E-state index contributed by atoms with van der Waals surface area (Å²) in [5.41, 5.74) is 2.87. The summed E-state index contributed by atoms with van der Waals surface area (Å²) in [4.78, 5) is 10.8. The third-order valence-corrected chi connectivity index (χ3v) is 4.91. The van der Waals surface area contributed by atoms with Gasteiger partial charge in [-0.1, -0.05) is 25.4 Å². The van der Waals surface area contributed by atoms with E-state index in [4.69, 9.17) is 23.8 Å². The fourth-order valence-corrected chi connectivity index (χ4v) is 3.27. The van der Waals surface area contributed by atoms with Crippen LogP contribution in [0.25, 0.3) is 11.0 Å². The molecule has 1 atom stereocenters. The lowest BCUT2D eigenvalue weighted by Crippen LogP contribution is -2.22. The Kier molecular flexibility index (Phi) is 7.76. The van der Waals surface area contributed by atoms with E-state index in [1.807, 2.05) is 12.1 Å². The summed E-state index contributed by atoms with van der Waals surface area (Å²) in [5, 5.41) is 14.1. The van der Waals surface area contributed by atoms with Gasteiger partial charge < -0.3 is 23.8 Å². The number of hydrogen-bond acceptors (Lipinski definition) is 6. The summed E-state index contributed by atoms with van der Waals surface area (Å²) >= 11 is 0. The van der Waals surface area contributed by atoms with Crippen LogP contribution < -0.4 is 14.2 Å². The van der Waals surface area contributed by atoms with Crippen LogP contribution in [0, 0.1) is 0 Å². The molecule has 0 bridgehead atoms. The number of carbonyl (C=O) groups is 1. The standard InChI is InChI=1S/C24H29NO6/c1-4-7-20-22(13-12-19-21(5-2)25-31-23(19)20)29-15-6-14-28-17-8-10-18(11-9-17)30-16(3)24(26)27/h8-13,16H,4-7,14-15H2,1-3H3,(H,26,27). The highest BCUT2D eigenvalue weighted by atomic mass is 16.5. The van der Waals surface area contributed by atoms with Crippen molar-refractivity contribution in [2.24, 2.45) is 0 Å². The third kappa shape index (κ3) is 5.69. The SMILES string of the molecule is CCCc1c(OCCCOc2ccc(OC(C)C(=O)O)cc2)ccc2c(CC)noc12. The molecule has 0 spiro atoms. The van der Waals surface area contributed by atoms with Gasteiger partial charge in [-0.3, -0.25) is 0 Å². The maximum absolute atomic E-state index is 10.8. The maximum atomic E-state index is 10.8. The van der Waals surface area contributed by atoms with Crippen LogP contribution in [0.1, 0.15) is 44.9 Å². The Bertz CT molecular complexity index is 995. The lowest BCUT2D eigenvalue weighted by Gasteiger charge is -2.13. The van der Waals surface area contributed by atoms with E-state index in [0.29, 0.717) is 31.1 Å². The van der Waals surface area contributed by atoms with Gasteiger partial charge in [0.1, 0.15) is 17.2 Å². The van der Waals surface area contributed by atoms with E-state index in [2.05, 4.69) is 19.0 Å². The van der Waals surface area contributed by atoms with Gasteiger partial charge >= 0.3 is 5.97 Å². The number of benzene rings is 2. The second-order valence-electron chi connectivity index (χ2n) is 7.27. The number of carboxylic acids is 1. The van der Waals surface area contributed by atoms with E-state index in [0.717, 1.165) is 47.2 Å². The molecular weight excluding hydrogens is 398 g/mol. The highest BCUT2D eigenvalue weighted by Crippen LogP contribution is 2.31. The minimum Gasteiger partial charge on any atom is -0.493 e. The summed E-state index contributed by atoms with van der Waals surface area (Å²) < 4.78 is 22.7. The van der Waals surface area contributed by atoms with Gasteiger partial charge in [0.15, 0.2) is 11.7 Å². The molecule has 2 aromatic carbocycles. The first-order valence-electron chi connectivity index (χ1n) is 10.7. The molecule has 1 aromatic heterocycles. The van der Waals surface area contributed by atoms with Gasteiger partial charge in [-0.05, 0) is 56.2 Å². The van der Waals surface area contributed by atoms with Gasteiger partial charge in [0, 0.05) is 17.4 Å². The molecule has 0 radical (unpaired) electrons. The molecule has 0 saturated heterocycles. The second-order valence-corrected chi connectivity index (χ2v) is 7.27. The highest BCUT2D eigenvalue weighted by molar-refractivity contribution is 5.84. The largest absolute Gasteiger partial charge is 0.493 e. The van der Waals surface area contributed by atoms with Gasteiger partial charge in [-0.25, -0.2) is 4.79 Å². The van der Waals surface area contributed by atoms with E-state index in [1.54, 1.807) is 24.3 Å². The van der Waals surface area contributed by atoms with Gasteiger partial charge in [0.25, 0.3) is 0 Å². The van der Waals surface area contributed by atoms with E-state index in [1.165, 1.54) is 6.92 Å². The van der Waals surface area contributed by atoms with Gasteiger partial charge in [0.2, 0.25) is 0 Å². The molecule has 1 unspecified atom stereocenters. The van der Waals surface area contributed by atoms with Crippen molar-refractivity contribution in [1.82, 2.24) is 5.16 Å². The molecule has 0 aliphatic rings. The van der Waals surface area contributed by atoms with Crippen molar-refractivity contribution in [1.29, 1.82) is 0 Å². The first-order chi connectivity index (χ1) is 15.0. The van der Waals surface area contributed by atoms with Gasteiger partial charge in [0.05, 0.1) is 18.9 Å². The number of fused-ring (bicyclic) bond motifs is 1. The van der Waals surface area contributed by atoms with Crippen LogP contribution in [0.5, 0.6) is 17.2 Å². The minimum absolute atomic E-state index is 0.489. The normalized spacial score (nSPS) is 12.0. The molecule has 0 aliphatic carbocycles. The fourth-order valence-electron chi connectivity index (χ4n) is 3.27. The van der Waals surface area contributed by atoms with Crippen molar-refractivity contribution in [3.8, 4) is 17.2 Å². The maximum Gasteiger partial charge on any atom is 0.344 e. The molecule has 0 saturated carbocycles. The number of aliphatic carboxylic acids is 1. The zero-order valence-electron chi connectivity index (χ0n) is 18.2. The van der Waals surface area contributed by atoms with Gasteiger partial charge in [-0.2, -0.15) is 0 Å². The predicted molar refractivity (Wildman–Crippen MR) is 117 cm³/mol. The lowest BCUT2D eigenvalue weighted by atomic mass is 10.0. The van der Waals surface area contributed by atoms with Crippen LogP contribution in [0.2, 0.25) is 0 Å². The molecule has 3 rings (SSSR count). The number of rotatable bonds is 12. The summed E-state index contributed by atoms with van der Waals surface area (Å²) in [6.45, 7) is 6.71. The summed E-state index contributed by atoms with van der Waals surface area (Å²) in [6, 6.07) is 10.9. The zero-order valence-corrected chi connectivity index (χ0v) is 18.2. The van der Waals surface area contributed by atoms with Crippen molar-refractivity contribution in [2.45, 2.75) is 52.6 Å². The van der Waals surface area contributed by atoms with Crippen LogP contribution in [0.15, 0.2) is 40.9 Å². The van der Waals surface area contributed by atoms with Crippen molar-refractivity contribution >= 4 is 16.9 Å². The summed E-state index contributed by atoms with van der Waals surface area (Å²) in [6.07, 6.45) is 2.52. The molecule has 1 N–H and O–H groups in total. The molecular formula is C24H29NO6. The van der Waals surface area contributed by atoms with E-state index >= 15 is 0 Å². The minimum atomic E-state index is -1.00. The number of nitrogens with zero attached hydrogens (tertiary/aromatic N) is 1. The van der Waals surface area contributed by atoms with Crippen LogP contribution in [-0.4, -0.2) is 35.6 Å². The molecule has 7 nitrogen and oxygen atoms in total. The average molecular weight is 427 g/mol. The third-order valence-electron chi connectivity index (χ3n) is 4.91. The van der Waals surface area contributed by atoms with Gasteiger partial charge in [-0.15, -0.1) is 0 Å². The quantitative estimate of drug-likeness (QED) is 0.405. The Labute approximate surface area is 181 Å². The summed E-state index contributed by atoms with van der Waals surface area (Å²) in [7, 11) is 0.